The van der Waals surface area contributed by atoms with Crippen LogP contribution in [0.3, 0.4) is 0 Å². The van der Waals surface area contributed by atoms with Gasteiger partial charge in [0.05, 0.1) is 21.6 Å². The molecule has 2 aliphatic rings. The Kier molecular flexibility index (Phi) is 5.45. The van der Waals surface area contributed by atoms with Crippen molar-refractivity contribution in [1.29, 1.82) is 0 Å². The van der Waals surface area contributed by atoms with E-state index >= 15 is 0 Å². The van der Waals surface area contributed by atoms with Crippen LogP contribution in [0.15, 0.2) is 35.5 Å². The zero-order chi connectivity index (χ0) is 21.4. The molecule has 6 nitrogen and oxygen atoms in total. The van der Waals surface area contributed by atoms with Gasteiger partial charge in [0.2, 0.25) is 0 Å². The van der Waals surface area contributed by atoms with Gasteiger partial charge in [0.25, 0.3) is 0 Å². The lowest BCUT2D eigenvalue weighted by atomic mass is 9.99. The predicted molar refractivity (Wildman–Crippen MR) is 119 cm³/mol. The number of aromatic amines is 1. The molecule has 0 bridgehead atoms. The van der Waals surface area contributed by atoms with Gasteiger partial charge in [-0.15, -0.1) is 0 Å². The Morgan fingerprint density at radius 1 is 1.03 bits per heavy atom. The van der Waals surface area contributed by atoms with Crippen molar-refractivity contribution in [1.82, 2.24) is 14.8 Å². The van der Waals surface area contributed by atoms with E-state index in [-0.39, 0.29) is 11.5 Å². The third-order valence-electron chi connectivity index (χ3n) is 5.63. The van der Waals surface area contributed by atoms with Crippen LogP contribution in [0.4, 0.5) is 0 Å². The fourth-order valence-electron chi connectivity index (χ4n) is 4.05. The van der Waals surface area contributed by atoms with Crippen LogP contribution in [-0.4, -0.2) is 67.0 Å². The first-order valence-electron chi connectivity index (χ1n) is 10.2. The molecule has 2 aromatic rings. The minimum atomic E-state index is 0.00553. The SMILES string of the molecule is CN(C)CCC1=CN=c2ccc(=c3[nH]c4c(c3CCN(C)C)C(=O)C=CC=4)c(O)c21. The van der Waals surface area contributed by atoms with Crippen molar-refractivity contribution in [3.8, 4) is 5.75 Å². The Bertz CT molecular complexity index is 1280. The molecule has 1 aliphatic heterocycles. The first-order valence-corrected chi connectivity index (χ1v) is 10.2. The number of ketones is 1. The van der Waals surface area contributed by atoms with E-state index in [1.165, 1.54) is 0 Å². The molecule has 0 fully saturated rings. The molecule has 0 amide bonds. The van der Waals surface area contributed by atoms with Crippen LogP contribution < -0.4 is 10.7 Å². The molecule has 0 saturated carbocycles. The Balaban J connectivity index is 1.96. The number of carbonyl (C=O) groups excluding carboxylic acids is 1. The van der Waals surface area contributed by atoms with E-state index in [0.29, 0.717) is 17.2 Å². The van der Waals surface area contributed by atoms with E-state index in [2.05, 4.69) is 19.8 Å². The van der Waals surface area contributed by atoms with Crippen molar-refractivity contribution < 1.29 is 9.90 Å². The number of aromatic nitrogens is 1. The molecule has 4 rings (SSSR count). The monoisotopic (exact) mass is 404 g/mol. The standard InChI is InChI=1S/C24H28N4O2/c1-27(2)12-10-15-14-25-18-9-8-17(24(30)21(15)18)23-16(11-13-28(3)4)22-19(26-23)6-5-7-20(22)29/h5-9,14,26,30H,10-13H2,1-4H3. The molecule has 2 N–H and O–H groups in total. The van der Waals surface area contributed by atoms with Crippen molar-refractivity contribution >= 4 is 17.4 Å². The summed E-state index contributed by atoms with van der Waals surface area (Å²) >= 11 is 0. The van der Waals surface area contributed by atoms with Gasteiger partial charge in [-0.25, -0.2) is 0 Å². The maximum atomic E-state index is 12.6. The Hall–Kier alpha value is -2.96. The maximum absolute atomic E-state index is 12.6. The van der Waals surface area contributed by atoms with Crippen LogP contribution in [0.1, 0.15) is 27.9 Å². The second kappa shape index (κ2) is 8.05. The fraction of sp³-hybridized carbons (Fsp3) is 0.333. The van der Waals surface area contributed by atoms with Crippen molar-refractivity contribution in [2.75, 3.05) is 41.3 Å². The van der Waals surface area contributed by atoms with Gasteiger partial charge in [0.1, 0.15) is 5.75 Å². The highest BCUT2D eigenvalue weighted by Gasteiger charge is 2.20. The molecule has 6 heteroatoms. The lowest BCUT2D eigenvalue weighted by Gasteiger charge is -2.12. The Morgan fingerprint density at radius 2 is 1.77 bits per heavy atom. The second-order valence-electron chi connectivity index (χ2n) is 8.40. The highest BCUT2D eigenvalue weighted by atomic mass is 16.3. The van der Waals surface area contributed by atoms with Gasteiger partial charge in [-0.3, -0.25) is 9.79 Å². The number of allylic oxidation sites excluding steroid dienone is 2. The van der Waals surface area contributed by atoms with Gasteiger partial charge in [0.15, 0.2) is 5.78 Å². The second-order valence-corrected chi connectivity index (χ2v) is 8.40. The van der Waals surface area contributed by atoms with Crippen LogP contribution in [0.5, 0.6) is 5.75 Å². The number of likely N-dealkylation sites (N-methyl/N-ethyl adjacent to an activating group) is 1. The Morgan fingerprint density at radius 3 is 2.50 bits per heavy atom. The molecular weight excluding hydrogens is 376 g/mol. The summed E-state index contributed by atoms with van der Waals surface area (Å²) in [7, 11) is 8.10. The van der Waals surface area contributed by atoms with E-state index in [4.69, 9.17) is 0 Å². The molecule has 156 valence electrons. The van der Waals surface area contributed by atoms with Crippen molar-refractivity contribution in [2.45, 2.75) is 12.8 Å². The lowest BCUT2D eigenvalue weighted by molar-refractivity contribution is 0.104. The number of carbonyl (C=O) groups is 1. The molecule has 0 radical (unpaired) electrons. The molecular formula is C24H28N4O2. The van der Waals surface area contributed by atoms with Crippen LogP contribution in [-0.2, 0) is 6.42 Å². The molecule has 1 aliphatic carbocycles. The van der Waals surface area contributed by atoms with Gasteiger partial charge in [-0.05, 0) is 76.5 Å². The van der Waals surface area contributed by atoms with E-state index in [1.54, 1.807) is 12.2 Å². The smallest absolute Gasteiger partial charge is 0.188 e. The van der Waals surface area contributed by atoms with Gasteiger partial charge in [-0.2, -0.15) is 0 Å². The van der Waals surface area contributed by atoms with Gasteiger partial charge >= 0.3 is 0 Å². The van der Waals surface area contributed by atoms with E-state index in [0.717, 1.165) is 52.3 Å². The number of benzene rings is 1. The average molecular weight is 405 g/mol. The number of aromatic hydroxyl groups is 1. The summed E-state index contributed by atoms with van der Waals surface area (Å²) in [6.45, 7) is 1.69. The number of hydrogen-bond acceptors (Lipinski definition) is 5. The third-order valence-corrected chi connectivity index (χ3v) is 5.63. The molecule has 1 aromatic heterocycles. The number of fused-ring (bicyclic) bond motifs is 2. The van der Waals surface area contributed by atoms with Crippen molar-refractivity contribution in [3.05, 3.63) is 68.4 Å². The van der Waals surface area contributed by atoms with Crippen LogP contribution >= 0.6 is 0 Å². The highest BCUT2D eigenvalue weighted by Crippen LogP contribution is 2.29. The maximum Gasteiger partial charge on any atom is 0.188 e. The zero-order valence-corrected chi connectivity index (χ0v) is 18.0. The normalized spacial score (nSPS) is 15.8. The summed E-state index contributed by atoms with van der Waals surface area (Å²) < 4.78 is 0. The summed E-state index contributed by atoms with van der Waals surface area (Å²) in [5.74, 6) is 0.231. The van der Waals surface area contributed by atoms with Gasteiger partial charge < -0.3 is 19.9 Å². The zero-order valence-electron chi connectivity index (χ0n) is 18.0. The summed E-state index contributed by atoms with van der Waals surface area (Å²) in [5.41, 5.74) is 3.50. The minimum absolute atomic E-state index is 0.00553. The van der Waals surface area contributed by atoms with Gasteiger partial charge in [-0.1, -0.05) is 6.08 Å². The number of nitrogens with zero attached hydrogens (tertiary/aromatic N) is 3. The number of H-pyrrole nitrogens is 1. The summed E-state index contributed by atoms with van der Waals surface area (Å²) in [6.07, 6.45) is 8.66. The van der Waals surface area contributed by atoms with Crippen molar-refractivity contribution in [3.63, 3.8) is 0 Å². The summed E-state index contributed by atoms with van der Waals surface area (Å²) in [6, 6.07) is 3.84. The van der Waals surface area contributed by atoms with Crippen LogP contribution in [0.2, 0.25) is 0 Å². The van der Waals surface area contributed by atoms with Crippen molar-refractivity contribution in [2.24, 2.45) is 4.99 Å². The molecule has 0 saturated heterocycles. The number of nitrogens with one attached hydrogen (secondary N) is 1. The molecule has 30 heavy (non-hydrogen) atoms. The third kappa shape index (κ3) is 3.64. The lowest BCUT2D eigenvalue weighted by Crippen LogP contribution is -2.19. The molecule has 2 heterocycles. The number of rotatable bonds is 6. The number of phenolic OH excluding ortho intramolecular Hbond substituents is 1. The quantitative estimate of drug-likeness (QED) is 0.767. The molecule has 1 aromatic carbocycles. The summed E-state index contributed by atoms with van der Waals surface area (Å²) in [5, 5.41) is 14.4. The molecule has 0 unspecified atom stereocenters. The van der Waals surface area contributed by atoms with E-state index in [1.807, 2.05) is 52.6 Å². The Labute approximate surface area is 175 Å². The molecule has 0 spiro atoms. The topological polar surface area (TPSA) is 71.9 Å². The first-order chi connectivity index (χ1) is 14.4. The summed E-state index contributed by atoms with van der Waals surface area (Å²) in [4.78, 5) is 24.7. The predicted octanol–water partition coefficient (Wildman–Crippen LogP) is 1.57. The van der Waals surface area contributed by atoms with E-state index in [9.17, 15) is 9.90 Å². The fourth-order valence-corrected chi connectivity index (χ4v) is 4.05. The van der Waals surface area contributed by atoms with Crippen LogP contribution in [0.25, 0.3) is 11.6 Å². The van der Waals surface area contributed by atoms with Gasteiger partial charge in [0, 0.05) is 30.1 Å². The number of hydrogen-bond donors (Lipinski definition) is 2. The highest BCUT2D eigenvalue weighted by molar-refractivity contribution is 6.07. The van der Waals surface area contributed by atoms with Crippen LogP contribution in [0, 0.1) is 10.6 Å². The van der Waals surface area contributed by atoms with E-state index < -0.39 is 0 Å². The largest absolute Gasteiger partial charge is 0.507 e. The number of phenols is 1. The first kappa shape index (κ1) is 20.3. The molecule has 0 atom stereocenters. The average Bonchev–Trinajstić information content (AvgIpc) is 3.27. The minimum Gasteiger partial charge on any atom is -0.507 e.